The van der Waals surface area contributed by atoms with Crippen LogP contribution in [0.2, 0.25) is 0 Å². The van der Waals surface area contributed by atoms with E-state index < -0.39 is 0 Å². The Balaban J connectivity index is 1.46. The number of ether oxygens (including phenoxy) is 1. The molecule has 0 radical (unpaired) electrons. The van der Waals surface area contributed by atoms with Crippen LogP contribution < -0.4 is 5.32 Å². The maximum atomic E-state index is 12.5. The Bertz CT molecular complexity index is 724. The highest BCUT2D eigenvalue weighted by molar-refractivity contribution is 5.94. The number of carbonyl (C=O) groups is 1. The molecule has 1 saturated heterocycles. The van der Waals surface area contributed by atoms with Gasteiger partial charge in [-0.2, -0.15) is 5.10 Å². The summed E-state index contributed by atoms with van der Waals surface area (Å²) in [7, 11) is 0. The second-order valence-corrected chi connectivity index (χ2v) is 6.51. The van der Waals surface area contributed by atoms with Gasteiger partial charge in [-0.05, 0) is 31.4 Å². The van der Waals surface area contributed by atoms with E-state index in [0.717, 1.165) is 18.5 Å². The van der Waals surface area contributed by atoms with Crippen LogP contribution in [0.5, 0.6) is 0 Å². The highest BCUT2D eigenvalue weighted by Gasteiger charge is 2.55. The zero-order valence-corrected chi connectivity index (χ0v) is 13.3. The van der Waals surface area contributed by atoms with Crippen molar-refractivity contribution in [2.45, 2.75) is 31.4 Å². The maximum Gasteiger partial charge on any atom is 0.254 e. The van der Waals surface area contributed by atoms with Crippen molar-refractivity contribution < 1.29 is 14.6 Å². The number of nitrogens with zero attached hydrogens (tertiary/aromatic N) is 3. The third-order valence-electron chi connectivity index (χ3n) is 5.30. The SMILES string of the molecule is O=C(N[C@@H]1C[C@@H](O)C12CCOCC2)c1cnn(-c2cccnc2)c1. The lowest BCUT2D eigenvalue weighted by atomic mass is 9.58. The molecule has 2 aromatic rings. The van der Waals surface area contributed by atoms with E-state index in [2.05, 4.69) is 15.4 Å². The van der Waals surface area contributed by atoms with Gasteiger partial charge in [-0.15, -0.1) is 0 Å². The fourth-order valence-electron chi connectivity index (χ4n) is 3.71. The first-order chi connectivity index (χ1) is 11.7. The molecule has 126 valence electrons. The molecular formula is C17H20N4O3. The van der Waals surface area contributed by atoms with Crippen LogP contribution in [0.25, 0.3) is 5.69 Å². The topological polar surface area (TPSA) is 89.3 Å². The lowest BCUT2D eigenvalue weighted by molar-refractivity contribution is -0.145. The summed E-state index contributed by atoms with van der Waals surface area (Å²) in [6.07, 6.45) is 8.44. The van der Waals surface area contributed by atoms with Crippen LogP contribution in [0.1, 0.15) is 29.6 Å². The molecule has 1 aliphatic heterocycles. The number of hydrogen-bond acceptors (Lipinski definition) is 5. The van der Waals surface area contributed by atoms with Crippen molar-refractivity contribution in [3.63, 3.8) is 0 Å². The van der Waals surface area contributed by atoms with Crippen molar-refractivity contribution in [1.82, 2.24) is 20.1 Å². The van der Waals surface area contributed by atoms with Crippen LogP contribution in [0, 0.1) is 5.41 Å². The molecule has 0 bridgehead atoms. The molecule has 24 heavy (non-hydrogen) atoms. The number of aliphatic hydroxyl groups is 1. The number of rotatable bonds is 3. The molecule has 2 N–H and O–H groups in total. The molecule has 1 saturated carbocycles. The first-order valence-corrected chi connectivity index (χ1v) is 8.21. The monoisotopic (exact) mass is 328 g/mol. The largest absolute Gasteiger partial charge is 0.392 e. The van der Waals surface area contributed by atoms with E-state index >= 15 is 0 Å². The minimum Gasteiger partial charge on any atom is -0.392 e. The second-order valence-electron chi connectivity index (χ2n) is 6.51. The van der Waals surface area contributed by atoms with Gasteiger partial charge >= 0.3 is 0 Å². The summed E-state index contributed by atoms with van der Waals surface area (Å²) in [6.45, 7) is 1.28. The van der Waals surface area contributed by atoms with Crippen molar-refractivity contribution in [3.05, 3.63) is 42.5 Å². The third-order valence-corrected chi connectivity index (χ3v) is 5.30. The standard InChI is InChI=1S/C17H20N4O3/c22-15-8-14(17(15)3-6-24-7-4-17)20-16(23)12-9-19-21(11-12)13-2-1-5-18-10-13/h1-2,5,9-11,14-15,22H,3-4,6-8H2,(H,20,23)/t14-,15-/m1/s1. The molecule has 1 spiro atoms. The molecule has 2 aromatic heterocycles. The Morgan fingerprint density at radius 3 is 2.92 bits per heavy atom. The summed E-state index contributed by atoms with van der Waals surface area (Å²) < 4.78 is 7.02. The number of hydrogen-bond donors (Lipinski definition) is 2. The van der Waals surface area contributed by atoms with E-state index in [1.165, 1.54) is 0 Å². The fraction of sp³-hybridized carbons (Fsp3) is 0.471. The smallest absolute Gasteiger partial charge is 0.254 e. The molecule has 0 unspecified atom stereocenters. The Morgan fingerprint density at radius 1 is 1.38 bits per heavy atom. The van der Waals surface area contributed by atoms with E-state index in [0.29, 0.717) is 25.2 Å². The van der Waals surface area contributed by atoms with Crippen molar-refractivity contribution in [2.24, 2.45) is 5.41 Å². The number of aromatic nitrogens is 3. The third kappa shape index (κ3) is 2.50. The van der Waals surface area contributed by atoms with Gasteiger partial charge in [0.2, 0.25) is 0 Å². The van der Waals surface area contributed by atoms with Crippen molar-refractivity contribution in [3.8, 4) is 5.69 Å². The van der Waals surface area contributed by atoms with E-state index in [9.17, 15) is 9.90 Å². The number of amides is 1. The molecule has 1 aliphatic carbocycles. The maximum absolute atomic E-state index is 12.5. The predicted octanol–water partition coefficient (Wildman–Crippen LogP) is 0.927. The second kappa shape index (κ2) is 5.99. The van der Waals surface area contributed by atoms with E-state index in [1.807, 2.05) is 12.1 Å². The summed E-state index contributed by atoms with van der Waals surface area (Å²) >= 11 is 0. The van der Waals surface area contributed by atoms with Gasteiger partial charge in [0.25, 0.3) is 5.91 Å². The lowest BCUT2D eigenvalue weighted by Crippen LogP contribution is -2.65. The predicted molar refractivity (Wildman–Crippen MR) is 85.7 cm³/mol. The molecule has 4 rings (SSSR count). The van der Waals surface area contributed by atoms with Gasteiger partial charge in [-0.3, -0.25) is 9.78 Å². The number of nitrogens with one attached hydrogen (secondary N) is 1. The highest BCUT2D eigenvalue weighted by Crippen LogP contribution is 2.49. The molecule has 2 fully saturated rings. The summed E-state index contributed by atoms with van der Waals surface area (Å²) in [4.78, 5) is 16.6. The molecule has 2 atom stereocenters. The average molecular weight is 328 g/mol. The Labute approximate surface area is 139 Å². The minimum atomic E-state index is -0.357. The minimum absolute atomic E-state index is 0.00866. The Kier molecular flexibility index (Phi) is 3.82. The van der Waals surface area contributed by atoms with Gasteiger partial charge in [-0.1, -0.05) is 0 Å². The fourth-order valence-corrected chi connectivity index (χ4v) is 3.71. The molecule has 0 aromatic carbocycles. The summed E-state index contributed by atoms with van der Waals surface area (Å²) in [5.41, 5.74) is 1.08. The van der Waals surface area contributed by atoms with Crippen molar-refractivity contribution >= 4 is 5.91 Å². The summed E-state index contributed by atoms with van der Waals surface area (Å²) in [5, 5.41) is 17.5. The van der Waals surface area contributed by atoms with Crippen LogP contribution in [-0.2, 0) is 4.74 Å². The van der Waals surface area contributed by atoms with E-state index in [-0.39, 0.29) is 23.5 Å². The van der Waals surface area contributed by atoms with Crippen LogP contribution in [0.3, 0.4) is 0 Å². The van der Waals surface area contributed by atoms with E-state index in [4.69, 9.17) is 4.74 Å². The van der Waals surface area contributed by atoms with Crippen LogP contribution in [0.15, 0.2) is 36.9 Å². The van der Waals surface area contributed by atoms with Gasteiger partial charge in [-0.25, -0.2) is 4.68 Å². The van der Waals surface area contributed by atoms with E-state index in [1.54, 1.807) is 29.5 Å². The Hall–Kier alpha value is -2.25. The van der Waals surface area contributed by atoms with Gasteiger partial charge in [0.1, 0.15) is 0 Å². The Morgan fingerprint density at radius 2 is 2.21 bits per heavy atom. The number of pyridine rings is 1. The first-order valence-electron chi connectivity index (χ1n) is 8.21. The molecular weight excluding hydrogens is 308 g/mol. The number of carbonyl (C=O) groups excluding carboxylic acids is 1. The number of aliphatic hydroxyl groups excluding tert-OH is 1. The van der Waals surface area contributed by atoms with Crippen molar-refractivity contribution in [2.75, 3.05) is 13.2 Å². The average Bonchev–Trinajstić information content (AvgIpc) is 3.13. The molecule has 7 nitrogen and oxygen atoms in total. The van der Waals surface area contributed by atoms with Crippen LogP contribution in [-0.4, -0.2) is 51.1 Å². The van der Waals surface area contributed by atoms with Crippen LogP contribution in [0.4, 0.5) is 0 Å². The van der Waals surface area contributed by atoms with Gasteiger partial charge in [0.05, 0.1) is 29.7 Å². The zero-order chi connectivity index (χ0) is 16.6. The molecule has 1 amide bonds. The first kappa shape index (κ1) is 15.3. The van der Waals surface area contributed by atoms with Crippen LogP contribution >= 0.6 is 0 Å². The zero-order valence-electron chi connectivity index (χ0n) is 13.3. The van der Waals surface area contributed by atoms with Gasteiger partial charge < -0.3 is 15.2 Å². The van der Waals surface area contributed by atoms with Gasteiger partial charge in [0.15, 0.2) is 0 Å². The normalized spacial score (nSPS) is 25.2. The van der Waals surface area contributed by atoms with Gasteiger partial charge in [0, 0.05) is 37.1 Å². The quantitative estimate of drug-likeness (QED) is 0.875. The summed E-state index contributed by atoms with van der Waals surface area (Å²) in [6, 6.07) is 3.69. The van der Waals surface area contributed by atoms with Crippen molar-refractivity contribution in [1.29, 1.82) is 0 Å². The lowest BCUT2D eigenvalue weighted by Gasteiger charge is -2.55. The molecule has 3 heterocycles. The molecule has 7 heteroatoms. The highest BCUT2D eigenvalue weighted by atomic mass is 16.5. The molecule has 2 aliphatic rings. The summed E-state index contributed by atoms with van der Waals surface area (Å²) in [5.74, 6) is -0.159.